The number of aromatic hydroxyl groups is 1. The number of nitrogens with one attached hydrogen (secondary N) is 2. The summed E-state index contributed by atoms with van der Waals surface area (Å²) < 4.78 is 6.84. The Morgan fingerprint density at radius 1 is 1.00 bits per heavy atom. The van der Waals surface area contributed by atoms with Crippen molar-refractivity contribution in [3.8, 4) is 5.75 Å². The van der Waals surface area contributed by atoms with Gasteiger partial charge < -0.3 is 25.3 Å². The van der Waals surface area contributed by atoms with Crippen LogP contribution in [0.15, 0.2) is 66.7 Å². The fraction of sp³-hybridized carbons (Fsp3) is 0.457. The molecule has 3 aromatic rings. The molecule has 0 unspecified atom stereocenters. The van der Waals surface area contributed by atoms with Gasteiger partial charge in [0.2, 0.25) is 5.91 Å². The Labute approximate surface area is 252 Å². The zero-order valence-corrected chi connectivity index (χ0v) is 27.0. The number of aliphatic hydroxyl groups is 1. The van der Waals surface area contributed by atoms with Crippen LogP contribution in [0.5, 0.6) is 5.75 Å². The average molecular weight is 589 g/mol. The highest BCUT2D eigenvalue weighted by molar-refractivity contribution is 6.74. The van der Waals surface area contributed by atoms with Crippen molar-refractivity contribution >= 4 is 14.2 Å². The minimum atomic E-state index is -2.10. The lowest BCUT2D eigenvalue weighted by molar-refractivity contribution is -0.121. The fourth-order valence-electron chi connectivity index (χ4n) is 5.42. The standard InChI is InChI=1S/C35H48N2O4Si/c1-24(36-22-33(41-42(5,6)35(2,3)4)29-14-15-32(39)30(19-29)23-38)16-25-10-9-11-26(17-25)18-34(40)37-31-20-27-12-7-8-13-28(27)21-31/h7-15,17,19,24,31,33,36,38-39H,16,18,20-23H2,1-6H3,(H,37,40)/t24-,33+/m1/s1. The molecule has 0 saturated carbocycles. The molecule has 0 spiro atoms. The zero-order valence-electron chi connectivity index (χ0n) is 26.0. The molecule has 7 heteroatoms. The smallest absolute Gasteiger partial charge is 0.224 e. The molecule has 0 fully saturated rings. The summed E-state index contributed by atoms with van der Waals surface area (Å²) in [5.74, 6) is 0.161. The summed E-state index contributed by atoms with van der Waals surface area (Å²) in [6.07, 6.45) is 2.78. The molecule has 0 bridgehead atoms. The topological polar surface area (TPSA) is 90.8 Å². The van der Waals surface area contributed by atoms with Crippen LogP contribution in [0.2, 0.25) is 18.1 Å². The van der Waals surface area contributed by atoms with Crippen molar-refractivity contribution in [3.63, 3.8) is 0 Å². The van der Waals surface area contributed by atoms with E-state index in [9.17, 15) is 15.0 Å². The van der Waals surface area contributed by atoms with Crippen LogP contribution < -0.4 is 10.6 Å². The SMILES string of the molecule is C[C@H](Cc1cccc(CC(=O)NC2Cc3ccccc3C2)c1)NC[C@H](O[Si](C)(C)C(C)(C)C)c1ccc(O)c(CO)c1. The number of aliphatic hydroxyl groups excluding tert-OH is 1. The van der Waals surface area contributed by atoms with Gasteiger partial charge in [0.15, 0.2) is 8.32 Å². The van der Waals surface area contributed by atoms with E-state index >= 15 is 0 Å². The summed E-state index contributed by atoms with van der Waals surface area (Å²) in [4.78, 5) is 12.9. The number of carbonyl (C=O) groups is 1. The predicted molar refractivity (Wildman–Crippen MR) is 172 cm³/mol. The number of benzene rings is 3. The van der Waals surface area contributed by atoms with Gasteiger partial charge >= 0.3 is 0 Å². The summed E-state index contributed by atoms with van der Waals surface area (Å²) in [6, 6.07) is 22.5. The Bertz CT molecular complexity index is 1340. The van der Waals surface area contributed by atoms with Crippen molar-refractivity contribution in [1.82, 2.24) is 10.6 Å². The zero-order chi connectivity index (χ0) is 30.5. The number of fused-ring (bicyclic) bond motifs is 1. The highest BCUT2D eigenvalue weighted by atomic mass is 28.4. The molecule has 226 valence electrons. The molecule has 0 aliphatic heterocycles. The molecule has 4 N–H and O–H groups in total. The van der Waals surface area contributed by atoms with E-state index in [0.717, 1.165) is 30.4 Å². The molecule has 2 atom stereocenters. The minimum absolute atomic E-state index is 0.0437. The third-order valence-corrected chi connectivity index (χ3v) is 13.3. The predicted octanol–water partition coefficient (Wildman–Crippen LogP) is 5.99. The van der Waals surface area contributed by atoms with Crippen molar-refractivity contribution in [1.29, 1.82) is 0 Å². The average Bonchev–Trinajstić information content (AvgIpc) is 3.33. The van der Waals surface area contributed by atoms with Gasteiger partial charge in [-0.05, 0) is 84.3 Å². The number of hydrogen-bond donors (Lipinski definition) is 4. The van der Waals surface area contributed by atoms with Crippen molar-refractivity contribution in [2.45, 2.75) is 96.3 Å². The maximum atomic E-state index is 12.9. The van der Waals surface area contributed by atoms with Crippen molar-refractivity contribution in [3.05, 3.63) is 100 Å². The molecule has 6 nitrogen and oxygen atoms in total. The molecule has 4 rings (SSSR count). The molecular weight excluding hydrogens is 540 g/mol. The summed E-state index contributed by atoms with van der Waals surface area (Å²) in [5, 5.41) is 26.8. The van der Waals surface area contributed by atoms with Crippen LogP contribution >= 0.6 is 0 Å². The van der Waals surface area contributed by atoms with E-state index in [1.807, 2.05) is 24.3 Å². The Morgan fingerprint density at radius 3 is 2.31 bits per heavy atom. The second-order valence-corrected chi connectivity index (χ2v) is 18.1. The number of phenols is 1. The molecule has 0 saturated heterocycles. The van der Waals surface area contributed by atoms with Crippen LogP contribution in [-0.4, -0.2) is 43.1 Å². The van der Waals surface area contributed by atoms with Crippen LogP contribution in [0.25, 0.3) is 0 Å². The van der Waals surface area contributed by atoms with E-state index in [4.69, 9.17) is 4.43 Å². The normalized spacial score (nSPS) is 15.3. The van der Waals surface area contributed by atoms with Gasteiger partial charge in [-0.25, -0.2) is 0 Å². The van der Waals surface area contributed by atoms with E-state index in [1.165, 1.54) is 16.7 Å². The Kier molecular flexibility index (Phi) is 10.3. The van der Waals surface area contributed by atoms with Crippen LogP contribution in [-0.2, 0) is 41.5 Å². The van der Waals surface area contributed by atoms with Crippen LogP contribution in [0.4, 0.5) is 0 Å². The van der Waals surface area contributed by atoms with Gasteiger partial charge in [-0.1, -0.05) is 75.4 Å². The van der Waals surface area contributed by atoms with Gasteiger partial charge in [-0.3, -0.25) is 4.79 Å². The van der Waals surface area contributed by atoms with Gasteiger partial charge in [0.25, 0.3) is 0 Å². The van der Waals surface area contributed by atoms with Gasteiger partial charge in [0.1, 0.15) is 5.75 Å². The molecular formula is C35H48N2O4Si. The van der Waals surface area contributed by atoms with E-state index in [1.54, 1.807) is 6.07 Å². The Morgan fingerprint density at radius 2 is 1.67 bits per heavy atom. The van der Waals surface area contributed by atoms with Crippen LogP contribution in [0.3, 0.4) is 0 Å². The number of hydrogen-bond acceptors (Lipinski definition) is 5. The monoisotopic (exact) mass is 588 g/mol. The molecule has 1 aliphatic carbocycles. The third-order valence-electron chi connectivity index (χ3n) is 8.85. The maximum absolute atomic E-state index is 12.9. The van der Waals surface area contributed by atoms with Gasteiger partial charge in [0, 0.05) is 24.2 Å². The molecule has 0 radical (unpaired) electrons. The summed E-state index contributed by atoms with van der Waals surface area (Å²) in [7, 11) is -2.10. The van der Waals surface area contributed by atoms with Crippen LogP contribution in [0, 0.1) is 0 Å². The number of carbonyl (C=O) groups excluding carboxylic acids is 1. The molecule has 0 aromatic heterocycles. The maximum Gasteiger partial charge on any atom is 0.224 e. The summed E-state index contributed by atoms with van der Waals surface area (Å²) >= 11 is 0. The van der Waals surface area contributed by atoms with E-state index < -0.39 is 8.32 Å². The first-order valence-electron chi connectivity index (χ1n) is 15.1. The first-order chi connectivity index (χ1) is 19.8. The van der Waals surface area contributed by atoms with E-state index in [0.29, 0.717) is 18.5 Å². The van der Waals surface area contributed by atoms with Crippen molar-refractivity contribution in [2.75, 3.05) is 6.54 Å². The fourth-order valence-corrected chi connectivity index (χ4v) is 6.70. The second-order valence-electron chi connectivity index (χ2n) is 13.4. The Hall–Kier alpha value is -2.97. The third kappa shape index (κ3) is 8.31. The quantitative estimate of drug-likeness (QED) is 0.195. The second kappa shape index (κ2) is 13.6. The number of rotatable bonds is 12. The molecule has 1 aliphatic rings. The summed E-state index contributed by atoms with van der Waals surface area (Å²) in [5.41, 5.74) is 6.32. The van der Waals surface area contributed by atoms with Gasteiger partial charge in [-0.15, -0.1) is 0 Å². The molecule has 1 amide bonds. The first kappa shape index (κ1) is 32.0. The summed E-state index contributed by atoms with van der Waals surface area (Å²) in [6.45, 7) is 13.7. The highest BCUT2D eigenvalue weighted by Crippen LogP contribution is 2.40. The lowest BCUT2D eigenvalue weighted by Crippen LogP contribution is -2.44. The first-order valence-corrected chi connectivity index (χ1v) is 18.0. The van der Waals surface area contributed by atoms with Gasteiger partial charge in [0.05, 0.1) is 19.1 Å². The van der Waals surface area contributed by atoms with E-state index in [2.05, 4.69) is 87.8 Å². The minimum Gasteiger partial charge on any atom is -0.508 e. The Balaban J connectivity index is 1.35. The number of amides is 1. The molecule has 0 heterocycles. The highest BCUT2D eigenvalue weighted by Gasteiger charge is 2.39. The molecule has 42 heavy (non-hydrogen) atoms. The van der Waals surface area contributed by atoms with E-state index in [-0.39, 0.29) is 41.5 Å². The van der Waals surface area contributed by atoms with Crippen LogP contribution in [0.1, 0.15) is 67.2 Å². The van der Waals surface area contributed by atoms with Crippen molar-refractivity contribution < 1.29 is 19.4 Å². The largest absolute Gasteiger partial charge is 0.508 e. The van der Waals surface area contributed by atoms with Crippen molar-refractivity contribution in [2.24, 2.45) is 0 Å². The lowest BCUT2D eigenvalue weighted by Gasteiger charge is -2.40. The van der Waals surface area contributed by atoms with Gasteiger partial charge in [-0.2, -0.15) is 0 Å². The molecule has 3 aromatic carbocycles. The lowest BCUT2D eigenvalue weighted by atomic mass is 10.0.